The summed E-state index contributed by atoms with van der Waals surface area (Å²) >= 11 is 0. The molecule has 0 radical (unpaired) electrons. The average Bonchev–Trinajstić information content (AvgIpc) is 3.48. The standard InChI is InChI=1S/C23H25N9O/c1-2-4-19-20(13-18-6-8-27-32(18)22-17(14-24)5-3-7-25-22)26-16-31-23(19)28-21(29-31)15-30-9-11-33-12-10-30/h3,5-8,16H,2,4,9-13,15H2,1H3. The van der Waals surface area contributed by atoms with Crippen molar-refractivity contribution in [2.24, 2.45) is 0 Å². The van der Waals surface area contributed by atoms with Gasteiger partial charge in [-0.25, -0.2) is 24.1 Å². The van der Waals surface area contributed by atoms with E-state index < -0.39 is 0 Å². The van der Waals surface area contributed by atoms with Crippen LogP contribution in [0.15, 0.2) is 36.9 Å². The van der Waals surface area contributed by atoms with E-state index in [2.05, 4.69) is 33.1 Å². The van der Waals surface area contributed by atoms with Crippen molar-refractivity contribution in [2.45, 2.75) is 32.7 Å². The Labute approximate surface area is 191 Å². The first-order chi connectivity index (χ1) is 16.3. The molecule has 4 aromatic heterocycles. The number of ether oxygens (including phenoxy) is 1. The van der Waals surface area contributed by atoms with Crippen molar-refractivity contribution in [3.63, 3.8) is 0 Å². The zero-order valence-corrected chi connectivity index (χ0v) is 18.6. The first-order valence-electron chi connectivity index (χ1n) is 11.2. The molecule has 10 nitrogen and oxygen atoms in total. The molecule has 33 heavy (non-hydrogen) atoms. The molecule has 0 bridgehead atoms. The van der Waals surface area contributed by atoms with Crippen LogP contribution in [0.4, 0.5) is 0 Å². The fourth-order valence-electron chi connectivity index (χ4n) is 4.15. The number of nitrogens with zero attached hydrogens (tertiary/aromatic N) is 9. The summed E-state index contributed by atoms with van der Waals surface area (Å²) in [4.78, 5) is 16.3. The van der Waals surface area contributed by atoms with E-state index in [-0.39, 0.29) is 0 Å². The Balaban J connectivity index is 1.48. The van der Waals surface area contributed by atoms with Crippen LogP contribution in [0.25, 0.3) is 11.5 Å². The highest BCUT2D eigenvalue weighted by atomic mass is 16.5. The fourth-order valence-corrected chi connectivity index (χ4v) is 4.15. The number of aromatic nitrogens is 7. The molecule has 168 valence electrons. The molecule has 10 heteroatoms. The van der Waals surface area contributed by atoms with Crippen LogP contribution in [0, 0.1) is 11.3 Å². The molecule has 0 saturated carbocycles. The molecule has 1 saturated heterocycles. The number of morpholine rings is 1. The highest BCUT2D eigenvalue weighted by Crippen LogP contribution is 2.21. The third-order valence-electron chi connectivity index (χ3n) is 5.76. The van der Waals surface area contributed by atoms with Gasteiger partial charge in [-0.2, -0.15) is 10.4 Å². The molecule has 1 fully saturated rings. The Morgan fingerprint density at radius 1 is 1.15 bits per heavy atom. The lowest BCUT2D eigenvalue weighted by Gasteiger charge is -2.25. The third-order valence-corrected chi connectivity index (χ3v) is 5.76. The maximum absolute atomic E-state index is 9.48. The monoisotopic (exact) mass is 443 g/mol. The number of hydrogen-bond acceptors (Lipinski definition) is 8. The van der Waals surface area contributed by atoms with Gasteiger partial charge in [-0.05, 0) is 24.6 Å². The van der Waals surface area contributed by atoms with E-state index in [1.807, 2.05) is 6.07 Å². The number of nitriles is 1. The number of hydrogen-bond donors (Lipinski definition) is 0. The molecule has 0 aliphatic carbocycles. The summed E-state index contributed by atoms with van der Waals surface area (Å²) in [5.41, 5.74) is 4.27. The molecular formula is C23H25N9O. The van der Waals surface area contributed by atoms with Gasteiger partial charge in [0.1, 0.15) is 12.4 Å². The summed E-state index contributed by atoms with van der Waals surface area (Å²) < 4.78 is 8.94. The average molecular weight is 444 g/mol. The van der Waals surface area contributed by atoms with Gasteiger partial charge in [-0.15, -0.1) is 5.10 Å². The molecule has 5 heterocycles. The molecule has 1 aliphatic heterocycles. The molecule has 1 aliphatic rings. The topological polar surface area (TPSA) is 110 Å². The van der Waals surface area contributed by atoms with E-state index in [0.717, 1.165) is 67.6 Å². The van der Waals surface area contributed by atoms with Gasteiger partial charge in [0.15, 0.2) is 17.3 Å². The van der Waals surface area contributed by atoms with Gasteiger partial charge in [0.2, 0.25) is 0 Å². The van der Waals surface area contributed by atoms with Crippen molar-refractivity contribution in [1.82, 2.24) is 39.2 Å². The number of aryl methyl sites for hydroxylation is 1. The second kappa shape index (κ2) is 9.44. The molecule has 0 spiro atoms. The maximum atomic E-state index is 9.48. The van der Waals surface area contributed by atoms with Gasteiger partial charge in [-0.3, -0.25) is 4.90 Å². The lowest BCUT2D eigenvalue weighted by Crippen LogP contribution is -2.35. The zero-order chi connectivity index (χ0) is 22.6. The first-order valence-corrected chi connectivity index (χ1v) is 11.2. The quantitative estimate of drug-likeness (QED) is 0.426. The summed E-state index contributed by atoms with van der Waals surface area (Å²) in [6.45, 7) is 6.13. The third kappa shape index (κ3) is 4.33. The van der Waals surface area contributed by atoms with Gasteiger partial charge in [0.05, 0.1) is 36.7 Å². The summed E-state index contributed by atoms with van der Waals surface area (Å²) in [6.07, 6.45) is 7.50. The lowest BCUT2D eigenvalue weighted by molar-refractivity contribution is 0.0331. The molecular weight excluding hydrogens is 418 g/mol. The first kappa shape index (κ1) is 21.2. The van der Waals surface area contributed by atoms with Gasteiger partial charge in [-0.1, -0.05) is 13.3 Å². The molecule has 0 unspecified atom stereocenters. The number of rotatable bonds is 7. The van der Waals surface area contributed by atoms with Crippen molar-refractivity contribution < 1.29 is 4.74 Å². The van der Waals surface area contributed by atoms with Crippen molar-refractivity contribution in [3.05, 3.63) is 65.3 Å². The van der Waals surface area contributed by atoms with Crippen LogP contribution >= 0.6 is 0 Å². The largest absolute Gasteiger partial charge is 0.379 e. The molecule has 0 aromatic carbocycles. The van der Waals surface area contributed by atoms with Gasteiger partial charge in [0, 0.05) is 37.5 Å². The summed E-state index contributed by atoms with van der Waals surface area (Å²) in [5, 5.41) is 18.6. The fraction of sp³-hybridized carbons (Fsp3) is 0.391. The summed E-state index contributed by atoms with van der Waals surface area (Å²) in [5.74, 6) is 1.32. The highest BCUT2D eigenvalue weighted by molar-refractivity contribution is 5.50. The van der Waals surface area contributed by atoms with Crippen LogP contribution in [0.1, 0.15) is 41.7 Å². The van der Waals surface area contributed by atoms with E-state index in [4.69, 9.17) is 14.7 Å². The van der Waals surface area contributed by atoms with Gasteiger partial charge >= 0.3 is 0 Å². The normalized spacial score (nSPS) is 14.5. The highest BCUT2D eigenvalue weighted by Gasteiger charge is 2.19. The van der Waals surface area contributed by atoms with Crippen molar-refractivity contribution >= 4 is 5.65 Å². The zero-order valence-electron chi connectivity index (χ0n) is 18.6. The Kier molecular flexibility index (Phi) is 6.06. The minimum atomic E-state index is 0.477. The summed E-state index contributed by atoms with van der Waals surface area (Å²) in [7, 11) is 0. The van der Waals surface area contributed by atoms with Crippen LogP contribution in [0.3, 0.4) is 0 Å². The molecule has 0 N–H and O–H groups in total. The Hall–Kier alpha value is -3.68. The van der Waals surface area contributed by atoms with Gasteiger partial charge in [0.25, 0.3) is 0 Å². The maximum Gasteiger partial charge on any atom is 0.171 e. The number of pyridine rings is 1. The Morgan fingerprint density at radius 3 is 2.85 bits per heavy atom. The second-order valence-corrected chi connectivity index (χ2v) is 8.00. The minimum Gasteiger partial charge on any atom is -0.379 e. The molecule has 5 rings (SSSR count). The number of fused-ring (bicyclic) bond motifs is 1. The van der Waals surface area contributed by atoms with Crippen molar-refractivity contribution in [3.8, 4) is 11.9 Å². The predicted molar refractivity (Wildman–Crippen MR) is 120 cm³/mol. The van der Waals surface area contributed by atoms with Crippen molar-refractivity contribution in [2.75, 3.05) is 26.3 Å². The SMILES string of the molecule is CCCc1c(Cc2ccnn2-c2ncccc2C#N)ncn2nc(CN3CCOCC3)nc12. The smallest absolute Gasteiger partial charge is 0.171 e. The molecule has 0 atom stereocenters. The van der Waals surface area contributed by atoms with Gasteiger partial charge < -0.3 is 4.74 Å². The van der Waals surface area contributed by atoms with Crippen LogP contribution in [-0.4, -0.2) is 65.5 Å². The predicted octanol–water partition coefficient (Wildman–Crippen LogP) is 1.95. The van der Waals surface area contributed by atoms with Crippen LogP contribution in [0.5, 0.6) is 0 Å². The minimum absolute atomic E-state index is 0.477. The van der Waals surface area contributed by atoms with E-state index in [1.54, 1.807) is 40.1 Å². The summed E-state index contributed by atoms with van der Waals surface area (Å²) in [6, 6.07) is 7.62. The van der Waals surface area contributed by atoms with E-state index in [0.29, 0.717) is 24.3 Å². The van der Waals surface area contributed by atoms with E-state index >= 15 is 0 Å². The lowest BCUT2D eigenvalue weighted by atomic mass is 10.1. The molecule has 0 amide bonds. The van der Waals surface area contributed by atoms with Crippen LogP contribution in [-0.2, 0) is 24.1 Å². The van der Waals surface area contributed by atoms with Crippen LogP contribution < -0.4 is 0 Å². The molecule has 4 aromatic rings. The van der Waals surface area contributed by atoms with E-state index in [9.17, 15) is 5.26 Å². The second-order valence-electron chi connectivity index (χ2n) is 8.00. The Bertz CT molecular complexity index is 1300. The van der Waals surface area contributed by atoms with Crippen molar-refractivity contribution in [1.29, 1.82) is 5.26 Å². The van der Waals surface area contributed by atoms with Crippen LogP contribution in [0.2, 0.25) is 0 Å². The Morgan fingerprint density at radius 2 is 2.03 bits per heavy atom. The van der Waals surface area contributed by atoms with E-state index in [1.165, 1.54) is 0 Å².